The summed E-state index contributed by atoms with van der Waals surface area (Å²) in [6.45, 7) is 5.39. The summed E-state index contributed by atoms with van der Waals surface area (Å²) >= 11 is 6.08. The number of fused-ring (bicyclic) bond motifs is 1. The highest BCUT2D eigenvalue weighted by atomic mass is 35.5. The summed E-state index contributed by atoms with van der Waals surface area (Å²) in [6.07, 6.45) is 7.77. The molecule has 0 radical (unpaired) electrons. The molecule has 0 saturated carbocycles. The Hall–Kier alpha value is -3.70. The Bertz CT molecular complexity index is 1210. The van der Waals surface area contributed by atoms with E-state index in [1.54, 1.807) is 36.1 Å². The Kier molecular flexibility index (Phi) is 6.45. The van der Waals surface area contributed by atoms with E-state index in [2.05, 4.69) is 27.1 Å². The van der Waals surface area contributed by atoms with Crippen molar-refractivity contribution in [2.45, 2.75) is 20.0 Å². The Morgan fingerprint density at radius 2 is 2.33 bits per heavy atom. The molecule has 0 aliphatic rings. The Morgan fingerprint density at radius 3 is 3.03 bits per heavy atom. The second-order valence-corrected chi connectivity index (χ2v) is 6.97. The molecule has 0 fully saturated rings. The highest BCUT2D eigenvalue weighted by Crippen LogP contribution is 2.25. The summed E-state index contributed by atoms with van der Waals surface area (Å²) in [5.74, 6) is -0.797. The number of aliphatic imine (C=N–C) groups is 1. The second-order valence-electron chi connectivity index (χ2n) is 6.56. The summed E-state index contributed by atoms with van der Waals surface area (Å²) in [6, 6.07) is 4.96. The summed E-state index contributed by atoms with van der Waals surface area (Å²) in [7, 11) is 0. The van der Waals surface area contributed by atoms with Crippen LogP contribution in [-0.2, 0) is 17.9 Å². The summed E-state index contributed by atoms with van der Waals surface area (Å²) in [5, 5.41) is 16.8. The molecule has 0 bridgehead atoms. The van der Waals surface area contributed by atoms with Crippen LogP contribution in [0.5, 0.6) is 0 Å². The van der Waals surface area contributed by atoms with E-state index in [-0.39, 0.29) is 12.5 Å². The maximum atomic E-state index is 14.3. The molecule has 3 aromatic rings. The van der Waals surface area contributed by atoms with E-state index in [4.69, 9.17) is 16.9 Å². The van der Waals surface area contributed by atoms with Crippen LogP contribution in [0.25, 0.3) is 10.9 Å². The van der Waals surface area contributed by atoms with Crippen LogP contribution in [0.3, 0.4) is 0 Å². The minimum Gasteiger partial charge on any atom is -0.360 e. The molecule has 30 heavy (non-hydrogen) atoms. The number of nitrogens with one attached hydrogen (secondary N) is 2. The Balaban J connectivity index is 1.70. The fourth-order valence-corrected chi connectivity index (χ4v) is 3.09. The number of nitrogens with zero attached hydrogens (tertiary/aromatic N) is 4. The predicted molar refractivity (Wildman–Crippen MR) is 113 cm³/mol. The van der Waals surface area contributed by atoms with Gasteiger partial charge in [0.25, 0.3) is 0 Å². The van der Waals surface area contributed by atoms with Gasteiger partial charge in [-0.2, -0.15) is 10.4 Å². The number of nitriles is 1. The van der Waals surface area contributed by atoms with Gasteiger partial charge in [0.1, 0.15) is 11.9 Å². The van der Waals surface area contributed by atoms with Gasteiger partial charge in [-0.05, 0) is 37.4 Å². The molecular formula is C21H18ClFN6O. The van der Waals surface area contributed by atoms with Gasteiger partial charge >= 0.3 is 0 Å². The Labute approximate surface area is 177 Å². The molecule has 1 aromatic carbocycles. The average Bonchev–Trinajstić information content (AvgIpc) is 3.32. The van der Waals surface area contributed by atoms with Crippen LogP contribution >= 0.6 is 11.6 Å². The number of aromatic amines is 1. The number of hydrogen-bond donors (Lipinski definition) is 2. The molecule has 0 unspecified atom stereocenters. The van der Waals surface area contributed by atoms with Gasteiger partial charge in [-0.15, -0.1) is 0 Å². The lowest BCUT2D eigenvalue weighted by molar-refractivity contribution is -0.117. The molecule has 9 heteroatoms. The molecule has 2 N–H and O–H groups in total. The quantitative estimate of drug-likeness (QED) is 0.342. The molecule has 0 atom stereocenters. The minimum absolute atomic E-state index is 0.0107. The number of aromatic nitrogens is 3. The number of H-pyrrole nitrogens is 1. The lowest BCUT2D eigenvalue weighted by Crippen LogP contribution is -2.24. The van der Waals surface area contributed by atoms with E-state index >= 15 is 0 Å². The number of benzene rings is 1. The van der Waals surface area contributed by atoms with Gasteiger partial charge in [0.2, 0.25) is 5.91 Å². The molecule has 0 saturated heterocycles. The van der Waals surface area contributed by atoms with E-state index in [9.17, 15) is 9.18 Å². The van der Waals surface area contributed by atoms with Gasteiger partial charge in [-0.3, -0.25) is 14.5 Å². The molecule has 7 nitrogen and oxygen atoms in total. The van der Waals surface area contributed by atoms with Gasteiger partial charge in [-0.1, -0.05) is 11.6 Å². The average molecular weight is 425 g/mol. The zero-order chi connectivity index (χ0) is 21.7. The largest absolute Gasteiger partial charge is 0.360 e. The lowest BCUT2D eigenvalue weighted by atomic mass is 10.1. The van der Waals surface area contributed by atoms with Gasteiger partial charge in [0, 0.05) is 47.2 Å². The first kappa shape index (κ1) is 21.0. The van der Waals surface area contributed by atoms with Gasteiger partial charge in [-0.25, -0.2) is 4.39 Å². The third-order valence-corrected chi connectivity index (χ3v) is 4.67. The van der Waals surface area contributed by atoms with E-state index in [1.165, 1.54) is 18.5 Å². The molecule has 152 valence electrons. The van der Waals surface area contributed by atoms with Crippen LogP contribution < -0.4 is 5.32 Å². The van der Waals surface area contributed by atoms with Crippen molar-refractivity contribution in [1.29, 1.82) is 5.26 Å². The van der Waals surface area contributed by atoms with Crippen LogP contribution in [-0.4, -0.2) is 27.4 Å². The number of allylic oxidation sites excluding steroid dienone is 2. The fourth-order valence-electron chi connectivity index (χ4n) is 2.88. The first-order valence-electron chi connectivity index (χ1n) is 8.90. The first-order valence-corrected chi connectivity index (χ1v) is 9.28. The molecular weight excluding hydrogens is 407 g/mol. The number of carbonyl (C=O) groups excluding carboxylic acids is 1. The third kappa shape index (κ3) is 4.82. The summed E-state index contributed by atoms with van der Waals surface area (Å²) < 4.78 is 15.8. The smallest absolute Gasteiger partial charge is 0.247 e. The fraction of sp³-hybridized carbons (Fsp3) is 0.143. The van der Waals surface area contributed by atoms with Crippen LogP contribution in [0.1, 0.15) is 18.1 Å². The van der Waals surface area contributed by atoms with Gasteiger partial charge < -0.3 is 10.3 Å². The zero-order valence-corrected chi connectivity index (χ0v) is 16.9. The zero-order valence-electron chi connectivity index (χ0n) is 16.1. The maximum absolute atomic E-state index is 14.3. The molecule has 2 aromatic heterocycles. The first-order chi connectivity index (χ1) is 14.4. The number of halogens is 2. The molecule has 0 aliphatic heterocycles. The standard InChI is InChI=1S/C21H18ClFN6O/c1-13(3-14(7-25-2)11-29-12-15(6-24)8-28-29)21(30)27-9-16-4-17-18(22)10-26-20(17)5-19(16)23/h3-5,7-8,10,12,26H,2,9,11H2,1H3,(H,27,30)/b13-3+,14-7+. The van der Waals surface area contributed by atoms with Crippen molar-refractivity contribution in [1.82, 2.24) is 20.1 Å². The molecule has 1 amide bonds. The second kappa shape index (κ2) is 9.20. The van der Waals surface area contributed by atoms with Crippen molar-refractivity contribution in [3.05, 3.63) is 76.1 Å². The third-order valence-electron chi connectivity index (χ3n) is 4.36. The number of carbonyl (C=O) groups is 1. The monoisotopic (exact) mass is 424 g/mol. The minimum atomic E-state index is -0.439. The van der Waals surface area contributed by atoms with Gasteiger partial charge in [0.05, 0.1) is 23.3 Å². The number of amides is 1. The maximum Gasteiger partial charge on any atom is 0.247 e. The number of rotatable bonds is 7. The van der Waals surface area contributed by atoms with Crippen LogP contribution in [0.2, 0.25) is 5.02 Å². The van der Waals surface area contributed by atoms with Crippen molar-refractivity contribution >= 4 is 35.1 Å². The summed E-state index contributed by atoms with van der Waals surface area (Å²) in [5.41, 5.74) is 2.42. The normalized spacial score (nSPS) is 12.1. The van der Waals surface area contributed by atoms with E-state index in [0.29, 0.717) is 44.7 Å². The van der Waals surface area contributed by atoms with E-state index in [0.717, 1.165) is 0 Å². The van der Waals surface area contributed by atoms with Crippen molar-refractivity contribution < 1.29 is 9.18 Å². The highest BCUT2D eigenvalue weighted by molar-refractivity contribution is 6.35. The Morgan fingerprint density at radius 1 is 1.53 bits per heavy atom. The van der Waals surface area contributed by atoms with Gasteiger partial charge in [0.15, 0.2) is 0 Å². The van der Waals surface area contributed by atoms with Crippen molar-refractivity contribution in [2.24, 2.45) is 4.99 Å². The highest BCUT2D eigenvalue weighted by Gasteiger charge is 2.11. The van der Waals surface area contributed by atoms with Crippen LogP contribution in [0, 0.1) is 17.1 Å². The van der Waals surface area contributed by atoms with Crippen molar-refractivity contribution in [3.8, 4) is 6.07 Å². The molecule has 0 spiro atoms. The molecule has 3 rings (SSSR count). The van der Waals surface area contributed by atoms with Crippen molar-refractivity contribution in [2.75, 3.05) is 0 Å². The number of hydrogen-bond acceptors (Lipinski definition) is 4. The van der Waals surface area contributed by atoms with Crippen LogP contribution in [0.15, 0.2) is 59.1 Å². The SMILES string of the molecule is C=N/C=C(\C=C(/C)C(=O)NCc1cc2c(Cl)c[nH]c2cc1F)Cn1cc(C#N)cn1. The van der Waals surface area contributed by atoms with Crippen LogP contribution in [0.4, 0.5) is 4.39 Å². The van der Waals surface area contributed by atoms with Crippen molar-refractivity contribution in [3.63, 3.8) is 0 Å². The summed E-state index contributed by atoms with van der Waals surface area (Å²) in [4.78, 5) is 19.1. The molecule has 0 aliphatic carbocycles. The predicted octanol–water partition coefficient (Wildman–Crippen LogP) is 3.88. The van der Waals surface area contributed by atoms with E-state index in [1.807, 2.05) is 6.07 Å². The lowest BCUT2D eigenvalue weighted by Gasteiger charge is -2.09. The van der Waals surface area contributed by atoms with E-state index < -0.39 is 5.82 Å². The molecule has 2 heterocycles. The topological polar surface area (TPSA) is 98.9 Å².